The fourth-order valence-corrected chi connectivity index (χ4v) is 5.53. The number of nitrogens with one attached hydrogen (secondary N) is 1. The minimum atomic E-state index is -1.18. The second kappa shape index (κ2) is 18.3. The molecule has 3 rings (SSSR count). The van der Waals surface area contributed by atoms with Crippen LogP contribution in [-0.4, -0.2) is 96.6 Å². The molecule has 3 amide bonds. The Morgan fingerprint density at radius 1 is 1.00 bits per heavy atom. The minimum absolute atomic E-state index is 0.0111. The summed E-state index contributed by atoms with van der Waals surface area (Å²) in [6.07, 6.45) is 1.93. The van der Waals surface area contributed by atoms with E-state index in [1.807, 2.05) is 44.4 Å². The number of benzene rings is 2. The van der Waals surface area contributed by atoms with Crippen molar-refractivity contribution in [3.05, 3.63) is 59.2 Å². The molecule has 1 fully saturated rings. The van der Waals surface area contributed by atoms with Crippen LogP contribution in [0.15, 0.2) is 36.4 Å². The highest BCUT2D eigenvalue weighted by atomic mass is 19.1. The number of rotatable bonds is 13. The molecule has 0 aliphatic carbocycles. The second-order valence-corrected chi connectivity index (χ2v) is 14.5. The van der Waals surface area contributed by atoms with Crippen LogP contribution in [-0.2, 0) is 9.47 Å². The van der Waals surface area contributed by atoms with Crippen molar-refractivity contribution < 1.29 is 47.2 Å². The zero-order valence-electron chi connectivity index (χ0n) is 31.2. The van der Waals surface area contributed by atoms with E-state index in [1.54, 1.807) is 26.0 Å². The van der Waals surface area contributed by atoms with Gasteiger partial charge in [0.05, 0.1) is 56.7 Å². The number of urea groups is 1. The third kappa shape index (κ3) is 12.1. The molecule has 1 aliphatic heterocycles. The number of halogens is 2. The number of ketones is 1. The molecule has 280 valence electrons. The molecular formula is C37H55F2N3O8. The Labute approximate surface area is 295 Å². The number of unbranched alkanes of at least 4 members (excludes halogenated alkanes) is 2. The first-order chi connectivity index (χ1) is 23.3. The number of Topliss-reactive ketones (excluding diaryl/α,β-unsaturated/α-hetero) is 1. The predicted molar refractivity (Wildman–Crippen MR) is 187 cm³/mol. The Bertz CT molecular complexity index is 1440. The molecule has 0 saturated carbocycles. The molecule has 0 bridgehead atoms. The van der Waals surface area contributed by atoms with Crippen molar-refractivity contribution in [2.75, 3.05) is 47.2 Å². The molecule has 0 spiro atoms. The lowest BCUT2D eigenvalue weighted by molar-refractivity contribution is -0.0769. The first kappa shape index (κ1) is 42.2. The molecule has 2 N–H and O–H groups in total. The fraction of sp³-hybridized carbons (Fsp3) is 0.595. The minimum Gasteiger partial charge on any atom is -0.497 e. The van der Waals surface area contributed by atoms with E-state index in [1.165, 1.54) is 32.4 Å². The highest BCUT2D eigenvalue weighted by Gasteiger charge is 2.45. The Morgan fingerprint density at radius 3 is 2.12 bits per heavy atom. The average molecular weight is 708 g/mol. The van der Waals surface area contributed by atoms with Gasteiger partial charge < -0.3 is 39.2 Å². The third-order valence-electron chi connectivity index (χ3n) is 8.11. The number of carboxylic acid groups (broad SMARTS) is 1. The summed E-state index contributed by atoms with van der Waals surface area (Å²) in [6, 6.07) is 8.14. The maximum atomic E-state index is 14.9. The molecular weight excluding hydrogens is 652 g/mol. The van der Waals surface area contributed by atoms with Gasteiger partial charge >= 0.3 is 12.1 Å². The van der Waals surface area contributed by atoms with E-state index in [2.05, 4.69) is 12.2 Å². The second-order valence-electron chi connectivity index (χ2n) is 14.5. The zero-order chi connectivity index (χ0) is 37.9. The Balaban J connectivity index is 0.000000366. The molecule has 11 nitrogen and oxygen atoms in total. The summed E-state index contributed by atoms with van der Waals surface area (Å²) in [6.45, 7) is 16.5. The lowest BCUT2D eigenvalue weighted by Crippen LogP contribution is -2.63. The van der Waals surface area contributed by atoms with Crippen LogP contribution >= 0.6 is 0 Å². The molecule has 0 radical (unpaired) electrons. The van der Waals surface area contributed by atoms with Crippen molar-refractivity contribution in [1.29, 1.82) is 0 Å². The number of hydrogen-bond acceptors (Lipinski definition) is 7. The molecule has 1 atom stereocenters. The van der Waals surface area contributed by atoms with Crippen LogP contribution in [0.2, 0.25) is 0 Å². The summed E-state index contributed by atoms with van der Waals surface area (Å²) in [5.74, 6) is -0.832. The van der Waals surface area contributed by atoms with E-state index in [-0.39, 0.29) is 42.8 Å². The van der Waals surface area contributed by atoms with Crippen molar-refractivity contribution in [3.8, 4) is 11.5 Å². The van der Waals surface area contributed by atoms with E-state index in [4.69, 9.17) is 24.1 Å². The number of hydrogen-bond donors (Lipinski definition) is 2. The van der Waals surface area contributed by atoms with Crippen LogP contribution in [0.25, 0.3) is 0 Å². The van der Waals surface area contributed by atoms with E-state index < -0.39 is 34.8 Å². The number of nitrogens with zero attached hydrogens (tertiary/aromatic N) is 2. The molecule has 0 aromatic heterocycles. The van der Waals surface area contributed by atoms with Gasteiger partial charge in [0.1, 0.15) is 29.7 Å². The number of carbonyl (C=O) groups excluding carboxylic acids is 2. The van der Waals surface area contributed by atoms with Gasteiger partial charge in [0.2, 0.25) is 0 Å². The monoisotopic (exact) mass is 707 g/mol. The number of amides is 3. The molecule has 1 saturated heterocycles. The van der Waals surface area contributed by atoms with Gasteiger partial charge in [-0.15, -0.1) is 0 Å². The van der Waals surface area contributed by atoms with Crippen molar-refractivity contribution in [1.82, 2.24) is 15.1 Å². The number of carbonyl (C=O) groups is 3. The van der Waals surface area contributed by atoms with Gasteiger partial charge in [0.15, 0.2) is 5.78 Å². The highest BCUT2D eigenvalue weighted by molar-refractivity contribution is 5.97. The van der Waals surface area contributed by atoms with Gasteiger partial charge in [-0.25, -0.2) is 18.4 Å². The Kier molecular flexibility index (Phi) is 15.5. The van der Waals surface area contributed by atoms with Crippen LogP contribution < -0.4 is 14.8 Å². The summed E-state index contributed by atoms with van der Waals surface area (Å²) in [7, 11) is 2.91. The van der Waals surface area contributed by atoms with Gasteiger partial charge in [0.25, 0.3) is 0 Å². The van der Waals surface area contributed by atoms with Crippen LogP contribution in [0.1, 0.15) is 96.6 Å². The van der Waals surface area contributed by atoms with Crippen molar-refractivity contribution in [3.63, 3.8) is 0 Å². The van der Waals surface area contributed by atoms with E-state index >= 15 is 0 Å². The lowest BCUT2D eigenvalue weighted by atomic mass is 9.94. The molecule has 50 heavy (non-hydrogen) atoms. The maximum Gasteiger partial charge on any atom is 0.405 e. The molecule has 2 aromatic carbocycles. The third-order valence-corrected chi connectivity index (χ3v) is 8.11. The van der Waals surface area contributed by atoms with Gasteiger partial charge in [-0.1, -0.05) is 25.8 Å². The van der Waals surface area contributed by atoms with Crippen LogP contribution in [0, 0.1) is 11.6 Å². The zero-order valence-corrected chi connectivity index (χ0v) is 31.2. The molecule has 13 heteroatoms. The lowest BCUT2D eigenvalue weighted by Gasteiger charge is -2.51. The van der Waals surface area contributed by atoms with Crippen molar-refractivity contribution in [2.45, 2.75) is 97.3 Å². The van der Waals surface area contributed by atoms with Crippen molar-refractivity contribution >= 4 is 17.9 Å². The average Bonchev–Trinajstić information content (AvgIpc) is 3.01. The summed E-state index contributed by atoms with van der Waals surface area (Å²) < 4.78 is 49.5. The Hall–Kier alpha value is -3.97. The van der Waals surface area contributed by atoms with E-state index in [0.29, 0.717) is 30.2 Å². The summed E-state index contributed by atoms with van der Waals surface area (Å²) >= 11 is 0. The van der Waals surface area contributed by atoms with Crippen LogP contribution in [0.4, 0.5) is 18.4 Å². The summed E-state index contributed by atoms with van der Waals surface area (Å²) in [5, 5.41) is 10.9. The number of methoxy groups -OCH3 is 2. The highest BCUT2D eigenvalue weighted by Crippen LogP contribution is 2.37. The van der Waals surface area contributed by atoms with E-state index in [9.17, 15) is 23.2 Å². The molecule has 1 heterocycles. The smallest absolute Gasteiger partial charge is 0.405 e. The van der Waals surface area contributed by atoms with Crippen molar-refractivity contribution in [2.24, 2.45) is 0 Å². The van der Waals surface area contributed by atoms with Crippen LogP contribution in [0.3, 0.4) is 0 Å². The Morgan fingerprint density at radius 2 is 1.60 bits per heavy atom. The van der Waals surface area contributed by atoms with E-state index in [0.717, 1.165) is 25.3 Å². The first-order valence-corrected chi connectivity index (χ1v) is 16.8. The number of ether oxygens (including phenoxy) is 4. The quantitative estimate of drug-likeness (QED) is 0.162. The molecule has 1 aliphatic rings. The first-order valence-electron chi connectivity index (χ1n) is 16.8. The molecule has 1 unspecified atom stereocenters. The predicted octanol–water partition coefficient (Wildman–Crippen LogP) is 7.48. The van der Waals surface area contributed by atoms with Gasteiger partial charge in [-0.05, 0) is 73.1 Å². The topological polar surface area (TPSA) is 127 Å². The van der Waals surface area contributed by atoms with Gasteiger partial charge in [0, 0.05) is 29.8 Å². The SMILES string of the molecule is CCCCCN(C(=O)N1C(c2ccc(OC)cc2F)COCC1(C)C)C(C)(C)C.COc1ccc(C(=O)COCC(C)(C)NC(=O)O)c(F)c1. The van der Waals surface area contributed by atoms with Crippen LogP contribution in [0.5, 0.6) is 11.5 Å². The fourth-order valence-electron chi connectivity index (χ4n) is 5.53. The normalized spacial score (nSPS) is 15.8. The largest absolute Gasteiger partial charge is 0.497 e. The summed E-state index contributed by atoms with van der Waals surface area (Å²) in [5.41, 5.74) is -1.37. The summed E-state index contributed by atoms with van der Waals surface area (Å²) in [4.78, 5) is 39.9. The maximum absolute atomic E-state index is 14.9. The van der Waals surface area contributed by atoms with Gasteiger partial charge in [-0.2, -0.15) is 0 Å². The standard InChI is InChI=1S/C23H37FN2O3.C14H18FNO5/c1-8-9-10-13-25(22(2,3)4)21(27)26-20(15-29-16-23(26,5)6)18-12-11-17(28-7)14-19(18)24;1-14(2,16-13(18)19)8-21-7-12(17)10-5-4-9(20-3)6-11(10)15/h11-12,14,20H,8-10,13,15-16H2,1-7H3;4-6,16H,7-8H2,1-3H3,(H,18,19). The molecule has 2 aromatic rings. The van der Waals surface area contributed by atoms with Gasteiger partial charge in [-0.3, -0.25) is 4.79 Å². The number of morpholine rings is 1.